The first kappa shape index (κ1) is 19.5. The molecule has 0 spiro atoms. The molecule has 0 aliphatic carbocycles. The topological polar surface area (TPSA) is 44.8 Å². The molecule has 0 radical (unpaired) electrons. The highest BCUT2D eigenvalue weighted by atomic mass is 35.5. The maximum absolute atomic E-state index is 12.7. The minimum atomic E-state index is 0. The van der Waals surface area contributed by atoms with E-state index in [9.17, 15) is 4.79 Å². The zero-order valence-corrected chi connectivity index (χ0v) is 15.3. The van der Waals surface area contributed by atoms with Gasteiger partial charge in [0.25, 0.3) is 5.91 Å². The van der Waals surface area contributed by atoms with Crippen LogP contribution in [0.3, 0.4) is 0 Å². The molecule has 24 heavy (non-hydrogen) atoms. The second-order valence-electron chi connectivity index (χ2n) is 6.43. The van der Waals surface area contributed by atoms with Gasteiger partial charge in [0, 0.05) is 50.9 Å². The molecule has 3 aliphatic rings. The van der Waals surface area contributed by atoms with Crippen LogP contribution in [0.4, 0.5) is 0 Å². The summed E-state index contributed by atoms with van der Waals surface area (Å²) in [6.45, 7) is 7.17. The third kappa shape index (κ3) is 3.86. The fraction of sp³-hybridized carbons (Fsp3) is 0.588. The molecule has 3 heterocycles. The summed E-state index contributed by atoms with van der Waals surface area (Å²) in [6, 6.07) is 6.65. The number of benzene rings is 1. The number of likely N-dealkylation sites (tertiary alicyclic amines) is 1. The van der Waals surface area contributed by atoms with E-state index in [0.29, 0.717) is 6.04 Å². The summed E-state index contributed by atoms with van der Waals surface area (Å²) in [5, 5.41) is 3.33. The third-order valence-corrected chi connectivity index (χ3v) is 5.10. The van der Waals surface area contributed by atoms with Crippen LogP contribution < -0.4 is 5.32 Å². The fourth-order valence-electron chi connectivity index (χ4n) is 3.78. The number of nitrogens with one attached hydrogen (secondary N) is 1. The molecule has 2 saturated heterocycles. The number of carbonyl (C=O) groups is 1. The van der Waals surface area contributed by atoms with E-state index >= 15 is 0 Å². The van der Waals surface area contributed by atoms with Crippen molar-refractivity contribution < 1.29 is 9.53 Å². The van der Waals surface area contributed by atoms with Gasteiger partial charge in [-0.2, -0.15) is 0 Å². The molecule has 1 unspecified atom stereocenters. The zero-order chi connectivity index (χ0) is 14.9. The normalized spacial score (nSPS) is 23.3. The van der Waals surface area contributed by atoms with E-state index in [4.69, 9.17) is 4.74 Å². The van der Waals surface area contributed by atoms with Crippen molar-refractivity contribution in [1.82, 2.24) is 15.1 Å². The first-order chi connectivity index (χ1) is 10.8. The first-order valence-corrected chi connectivity index (χ1v) is 8.25. The molecule has 134 valence electrons. The van der Waals surface area contributed by atoms with Gasteiger partial charge in [-0.25, -0.2) is 0 Å². The number of rotatable bonds is 2. The van der Waals surface area contributed by atoms with Gasteiger partial charge in [-0.3, -0.25) is 9.69 Å². The van der Waals surface area contributed by atoms with Gasteiger partial charge >= 0.3 is 0 Å². The van der Waals surface area contributed by atoms with Crippen molar-refractivity contribution in [2.45, 2.75) is 25.6 Å². The second kappa shape index (κ2) is 8.50. The van der Waals surface area contributed by atoms with Crippen LogP contribution in [-0.2, 0) is 17.8 Å². The number of hydrogen-bond acceptors (Lipinski definition) is 4. The zero-order valence-electron chi connectivity index (χ0n) is 13.7. The van der Waals surface area contributed by atoms with Crippen LogP contribution in [0.15, 0.2) is 18.2 Å². The lowest BCUT2D eigenvalue weighted by atomic mass is 10.1. The molecule has 3 aliphatic heterocycles. The highest BCUT2D eigenvalue weighted by Gasteiger charge is 2.31. The Balaban J connectivity index is 0.00000104. The predicted octanol–water partition coefficient (Wildman–Crippen LogP) is 1.68. The van der Waals surface area contributed by atoms with E-state index in [1.165, 1.54) is 11.1 Å². The lowest BCUT2D eigenvalue weighted by molar-refractivity contribution is 0.0185. The van der Waals surface area contributed by atoms with E-state index in [0.717, 1.165) is 64.5 Å². The van der Waals surface area contributed by atoms with E-state index in [1.807, 2.05) is 11.0 Å². The number of ether oxygens (including phenoxy) is 1. The van der Waals surface area contributed by atoms with Crippen molar-refractivity contribution in [3.05, 3.63) is 34.9 Å². The smallest absolute Gasteiger partial charge is 0.253 e. The minimum absolute atomic E-state index is 0. The Bertz CT molecular complexity index is 579. The summed E-state index contributed by atoms with van der Waals surface area (Å²) in [6.07, 6.45) is 1.08. The van der Waals surface area contributed by atoms with Crippen LogP contribution in [-0.4, -0.2) is 61.1 Å². The SMILES string of the molecule is Cl.Cl.O=C(c1ccc2c(c1)CNC2)N1CCC(N2CCOCC2)C1. The lowest BCUT2D eigenvalue weighted by Gasteiger charge is -2.32. The number of carbonyl (C=O) groups excluding carboxylic acids is 1. The van der Waals surface area contributed by atoms with E-state index < -0.39 is 0 Å². The van der Waals surface area contributed by atoms with Gasteiger partial charge in [0.15, 0.2) is 0 Å². The number of amides is 1. The highest BCUT2D eigenvalue weighted by molar-refractivity contribution is 5.94. The maximum Gasteiger partial charge on any atom is 0.253 e. The molecule has 4 rings (SSSR count). The van der Waals surface area contributed by atoms with Crippen molar-refractivity contribution in [2.24, 2.45) is 0 Å². The summed E-state index contributed by atoms with van der Waals surface area (Å²) in [5.74, 6) is 0.186. The average Bonchev–Trinajstić information content (AvgIpc) is 3.23. The molecule has 7 heteroatoms. The first-order valence-electron chi connectivity index (χ1n) is 8.25. The van der Waals surface area contributed by atoms with Crippen molar-refractivity contribution in [3.8, 4) is 0 Å². The van der Waals surface area contributed by atoms with Gasteiger partial charge in [-0.1, -0.05) is 6.07 Å². The monoisotopic (exact) mass is 373 g/mol. The van der Waals surface area contributed by atoms with Crippen LogP contribution in [0, 0.1) is 0 Å². The summed E-state index contributed by atoms with van der Waals surface area (Å²) in [4.78, 5) is 17.2. The molecule has 1 amide bonds. The van der Waals surface area contributed by atoms with Crippen molar-refractivity contribution >= 4 is 30.7 Å². The molecule has 1 aromatic carbocycles. The Labute approximate surface area is 155 Å². The van der Waals surface area contributed by atoms with E-state index in [2.05, 4.69) is 22.3 Å². The molecule has 1 atom stereocenters. The average molecular weight is 374 g/mol. The molecule has 5 nitrogen and oxygen atoms in total. The van der Waals surface area contributed by atoms with Crippen LogP contribution in [0.2, 0.25) is 0 Å². The second-order valence-corrected chi connectivity index (χ2v) is 6.43. The highest BCUT2D eigenvalue weighted by Crippen LogP contribution is 2.22. The van der Waals surface area contributed by atoms with E-state index in [1.54, 1.807) is 0 Å². The molecular formula is C17H25Cl2N3O2. The Morgan fingerprint density at radius 1 is 1.08 bits per heavy atom. The van der Waals surface area contributed by atoms with Crippen LogP contribution >= 0.6 is 24.8 Å². The Kier molecular flexibility index (Phi) is 6.89. The van der Waals surface area contributed by atoms with Crippen LogP contribution in [0.1, 0.15) is 27.9 Å². The number of halogens is 2. The van der Waals surface area contributed by atoms with Gasteiger partial charge < -0.3 is 15.0 Å². The number of fused-ring (bicyclic) bond motifs is 1. The molecule has 2 fully saturated rings. The molecule has 0 aromatic heterocycles. The van der Waals surface area contributed by atoms with Gasteiger partial charge in [-0.15, -0.1) is 24.8 Å². The molecule has 1 aromatic rings. The van der Waals surface area contributed by atoms with Crippen molar-refractivity contribution in [3.63, 3.8) is 0 Å². The van der Waals surface area contributed by atoms with Crippen LogP contribution in [0.5, 0.6) is 0 Å². The molecule has 0 bridgehead atoms. The maximum atomic E-state index is 12.7. The Hall–Kier alpha value is -0.850. The minimum Gasteiger partial charge on any atom is -0.379 e. The number of nitrogens with zero attached hydrogens (tertiary/aromatic N) is 2. The predicted molar refractivity (Wildman–Crippen MR) is 98.2 cm³/mol. The van der Waals surface area contributed by atoms with Gasteiger partial charge in [0.05, 0.1) is 13.2 Å². The third-order valence-electron chi connectivity index (χ3n) is 5.10. The van der Waals surface area contributed by atoms with Gasteiger partial charge in [0.2, 0.25) is 0 Å². The number of morpholine rings is 1. The van der Waals surface area contributed by atoms with Crippen molar-refractivity contribution in [2.75, 3.05) is 39.4 Å². The van der Waals surface area contributed by atoms with E-state index in [-0.39, 0.29) is 30.7 Å². The summed E-state index contributed by atoms with van der Waals surface area (Å²) >= 11 is 0. The largest absolute Gasteiger partial charge is 0.379 e. The standard InChI is InChI=1S/C17H23N3O2.2ClH/c21-17(13-1-2-14-10-18-11-15(14)9-13)20-4-3-16(12-20)19-5-7-22-8-6-19;;/h1-2,9,16,18H,3-8,10-12H2;2*1H. The van der Waals surface area contributed by atoms with Crippen LogP contribution in [0.25, 0.3) is 0 Å². The molecule has 1 N–H and O–H groups in total. The Morgan fingerprint density at radius 2 is 1.83 bits per heavy atom. The summed E-state index contributed by atoms with van der Waals surface area (Å²) in [7, 11) is 0. The Morgan fingerprint density at radius 3 is 2.62 bits per heavy atom. The lowest BCUT2D eigenvalue weighted by Crippen LogP contribution is -2.45. The quantitative estimate of drug-likeness (QED) is 0.856. The van der Waals surface area contributed by atoms with Gasteiger partial charge in [-0.05, 0) is 29.7 Å². The summed E-state index contributed by atoms with van der Waals surface area (Å²) in [5.41, 5.74) is 3.43. The summed E-state index contributed by atoms with van der Waals surface area (Å²) < 4.78 is 5.42. The van der Waals surface area contributed by atoms with Gasteiger partial charge in [0.1, 0.15) is 0 Å². The number of hydrogen-bond donors (Lipinski definition) is 1. The molecular weight excluding hydrogens is 349 g/mol. The molecule has 0 saturated carbocycles. The van der Waals surface area contributed by atoms with Crippen molar-refractivity contribution in [1.29, 1.82) is 0 Å². The fourth-order valence-corrected chi connectivity index (χ4v) is 3.78.